The third-order valence-electron chi connectivity index (χ3n) is 2.47. The van der Waals surface area contributed by atoms with E-state index < -0.39 is 6.10 Å². The summed E-state index contributed by atoms with van der Waals surface area (Å²) in [4.78, 5) is 0. The zero-order valence-corrected chi connectivity index (χ0v) is 9.31. The first-order chi connectivity index (χ1) is 7.15. The molecule has 0 bridgehead atoms. The van der Waals surface area contributed by atoms with Crippen molar-refractivity contribution in [3.8, 4) is 0 Å². The highest BCUT2D eigenvalue weighted by Gasteiger charge is 2.11. The fourth-order valence-corrected chi connectivity index (χ4v) is 1.28. The summed E-state index contributed by atoms with van der Waals surface area (Å²) in [5.74, 6) is 0. The Bertz CT molecular complexity index is 301. The van der Waals surface area contributed by atoms with Crippen LogP contribution in [0, 0.1) is 0 Å². The number of hydrogen-bond donors (Lipinski definition) is 2. The van der Waals surface area contributed by atoms with E-state index in [1.807, 2.05) is 32.0 Å². The molecular formula is C12H19NO2. The van der Waals surface area contributed by atoms with Gasteiger partial charge in [0.05, 0.1) is 12.7 Å². The van der Waals surface area contributed by atoms with Crippen LogP contribution in [0.2, 0.25) is 0 Å². The number of hydrogen-bond acceptors (Lipinski definition) is 3. The highest BCUT2D eigenvalue weighted by Crippen LogP contribution is 2.20. The van der Waals surface area contributed by atoms with Gasteiger partial charge in [0.1, 0.15) is 6.10 Å². The second-order valence-electron chi connectivity index (χ2n) is 3.70. The van der Waals surface area contributed by atoms with E-state index in [9.17, 15) is 5.11 Å². The van der Waals surface area contributed by atoms with Crippen molar-refractivity contribution in [2.24, 2.45) is 0 Å². The lowest BCUT2D eigenvalue weighted by Gasteiger charge is -2.16. The summed E-state index contributed by atoms with van der Waals surface area (Å²) in [6, 6.07) is 7.31. The van der Waals surface area contributed by atoms with Gasteiger partial charge in [0, 0.05) is 11.3 Å². The number of anilines is 1. The van der Waals surface area contributed by atoms with E-state index in [-0.39, 0.29) is 6.10 Å². The first-order valence-electron chi connectivity index (χ1n) is 5.29. The minimum Gasteiger partial charge on any atom is -0.398 e. The molecule has 0 heterocycles. The monoisotopic (exact) mass is 209 g/mol. The fourth-order valence-electron chi connectivity index (χ4n) is 1.28. The van der Waals surface area contributed by atoms with E-state index >= 15 is 0 Å². The second kappa shape index (κ2) is 5.73. The molecule has 1 aromatic carbocycles. The SMILES string of the molecule is CCC(C)OCC(O)c1ccccc1N. The van der Waals surface area contributed by atoms with Gasteiger partial charge in [0.15, 0.2) is 0 Å². The van der Waals surface area contributed by atoms with Crippen molar-refractivity contribution in [3.63, 3.8) is 0 Å². The number of nitrogens with two attached hydrogens (primary N) is 1. The third-order valence-corrected chi connectivity index (χ3v) is 2.47. The molecule has 3 nitrogen and oxygen atoms in total. The Morgan fingerprint density at radius 1 is 1.40 bits per heavy atom. The molecule has 84 valence electrons. The number of ether oxygens (including phenoxy) is 1. The van der Waals surface area contributed by atoms with Crippen molar-refractivity contribution in [1.82, 2.24) is 0 Å². The smallest absolute Gasteiger partial charge is 0.104 e. The average molecular weight is 209 g/mol. The largest absolute Gasteiger partial charge is 0.398 e. The normalized spacial score (nSPS) is 14.9. The molecule has 0 aliphatic heterocycles. The maximum Gasteiger partial charge on any atom is 0.104 e. The zero-order valence-electron chi connectivity index (χ0n) is 9.31. The molecule has 0 fully saturated rings. The number of benzene rings is 1. The highest BCUT2D eigenvalue weighted by atomic mass is 16.5. The molecule has 0 spiro atoms. The van der Waals surface area contributed by atoms with Crippen molar-refractivity contribution in [2.75, 3.05) is 12.3 Å². The minimum absolute atomic E-state index is 0.171. The lowest BCUT2D eigenvalue weighted by atomic mass is 10.1. The van der Waals surface area contributed by atoms with Crippen LogP contribution in [0.1, 0.15) is 31.9 Å². The first kappa shape index (κ1) is 12.0. The number of para-hydroxylation sites is 1. The summed E-state index contributed by atoms with van der Waals surface area (Å²) in [5.41, 5.74) is 7.09. The Morgan fingerprint density at radius 3 is 2.67 bits per heavy atom. The molecule has 2 unspecified atom stereocenters. The Hall–Kier alpha value is -1.06. The van der Waals surface area contributed by atoms with Gasteiger partial charge in [-0.2, -0.15) is 0 Å². The molecule has 1 aromatic rings. The van der Waals surface area contributed by atoms with Crippen LogP contribution in [0.15, 0.2) is 24.3 Å². The van der Waals surface area contributed by atoms with E-state index in [0.717, 1.165) is 12.0 Å². The maximum atomic E-state index is 9.84. The molecule has 0 saturated carbocycles. The summed E-state index contributed by atoms with van der Waals surface area (Å²) < 4.78 is 5.46. The van der Waals surface area contributed by atoms with Crippen LogP contribution in [0.25, 0.3) is 0 Å². The van der Waals surface area contributed by atoms with Crippen LogP contribution in [-0.4, -0.2) is 17.8 Å². The fraction of sp³-hybridized carbons (Fsp3) is 0.500. The number of aliphatic hydroxyl groups is 1. The van der Waals surface area contributed by atoms with Crippen LogP contribution < -0.4 is 5.73 Å². The van der Waals surface area contributed by atoms with Crippen molar-refractivity contribution < 1.29 is 9.84 Å². The van der Waals surface area contributed by atoms with Crippen LogP contribution in [0.5, 0.6) is 0 Å². The molecule has 0 saturated heterocycles. The average Bonchev–Trinajstić information content (AvgIpc) is 2.26. The summed E-state index contributed by atoms with van der Waals surface area (Å²) in [6.45, 7) is 4.33. The van der Waals surface area contributed by atoms with Crippen molar-refractivity contribution >= 4 is 5.69 Å². The Morgan fingerprint density at radius 2 is 2.07 bits per heavy atom. The van der Waals surface area contributed by atoms with E-state index in [0.29, 0.717) is 12.3 Å². The molecule has 1 rings (SSSR count). The van der Waals surface area contributed by atoms with Gasteiger partial charge in [-0.05, 0) is 19.4 Å². The van der Waals surface area contributed by atoms with E-state index in [2.05, 4.69) is 0 Å². The van der Waals surface area contributed by atoms with Gasteiger partial charge in [-0.25, -0.2) is 0 Å². The van der Waals surface area contributed by atoms with Gasteiger partial charge in [-0.1, -0.05) is 25.1 Å². The molecule has 0 aromatic heterocycles. The molecule has 15 heavy (non-hydrogen) atoms. The summed E-state index contributed by atoms with van der Waals surface area (Å²) in [5, 5.41) is 9.84. The van der Waals surface area contributed by atoms with Crippen LogP contribution in [0.4, 0.5) is 5.69 Å². The van der Waals surface area contributed by atoms with Crippen LogP contribution >= 0.6 is 0 Å². The second-order valence-corrected chi connectivity index (χ2v) is 3.70. The van der Waals surface area contributed by atoms with Gasteiger partial charge in [-0.3, -0.25) is 0 Å². The predicted octanol–water partition coefficient (Wildman–Crippen LogP) is 2.12. The highest BCUT2D eigenvalue weighted by molar-refractivity contribution is 5.47. The molecule has 0 amide bonds. The Labute approximate surface area is 90.9 Å². The third kappa shape index (κ3) is 3.53. The summed E-state index contributed by atoms with van der Waals surface area (Å²) >= 11 is 0. The number of nitrogen functional groups attached to an aromatic ring is 1. The Balaban J connectivity index is 2.54. The van der Waals surface area contributed by atoms with E-state index in [1.165, 1.54) is 0 Å². The van der Waals surface area contributed by atoms with Crippen LogP contribution in [0.3, 0.4) is 0 Å². The van der Waals surface area contributed by atoms with Gasteiger partial charge in [0.2, 0.25) is 0 Å². The van der Waals surface area contributed by atoms with Gasteiger partial charge >= 0.3 is 0 Å². The van der Waals surface area contributed by atoms with Gasteiger partial charge in [-0.15, -0.1) is 0 Å². The molecular weight excluding hydrogens is 190 g/mol. The van der Waals surface area contributed by atoms with Crippen LogP contribution in [-0.2, 0) is 4.74 Å². The summed E-state index contributed by atoms with van der Waals surface area (Å²) in [7, 11) is 0. The molecule has 0 aliphatic carbocycles. The van der Waals surface area contributed by atoms with Gasteiger partial charge < -0.3 is 15.6 Å². The van der Waals surface area contributed by atoms with Crippen molar-refractivity contribution in [2.45, 2.75) is 32.5 Å². The van der Waals surface area contributed by atoms with Crippen molar-refractivity contribution in [3.05, 3.63) is 29.8 Å². The first-order valence-corrected chi connectivity index (χ1v) is 5.29. The quantitative estimate of drug-likeness (QED) is 0.730. The lowest BCUT2D eigenvalue weighted by molar-refractivity contribution is -0.00348. The molecule has 3 heteroatoms. The topological polar surface area (TPSA) is 55.5 Å². The Kier molecular flexibility index (Phi) is 4.59. The number of rotatable bonds is 5. The summed E-state index contributed by atoms with van der Waals surface area (Å²) in [6.07, 6.45) is 0.474. The van der Waals surface area contributed by atoms with Gasteiger partial charge in [0.25, 0.3) is 0 Å². The standard InChI is InChI=1S/C12H19NO2/c1-3-9(2)15-8-12(14)10-6-4-5-7-11(10)13/h4-7,9,12,14H,3,8,13H2,1-2H3. The molecule has 0 radical (unpaired) electrons. The molecule has 3 N–H and O–H groups in total. The molecule has 2 atom stereocenters. The number of aliphatic hydroxyl groups excluding tert-OH is 1. The maximum absolute atomic E-state index is 9.84. The predicted molar refractivity (Wildman–Crippen MR) is 61.5 cm³/mol. The van der Waals surface area contributed by atoms with E-state index in [4.69, 9.17) is 10.5 Å². The van der Waals surface area contributed by atoms with Crippen molar-refractivity contribution in [1.29, 1.82) is 0 Å². The lowest BCUT2D eigenvalue weighted by Crippen LogP contribution is -2.14. The zero-order chi connectivity index (χ0) is 11.3. The molecule has 0 aliphatic rings. The van der Waals surface area contributed by atoms with E-state index in [1.54, 1.807) is 6.07 Å². The minimum atomic E-state index is -0.639.